The van der Waals surface area contributed by atoms with E-state index in [0.717, 1.165) is 11.3 Å². The Labute approximate surface area is 91.7 Å². The summed E-state index contributed by atoms with van der Waals surface area (Å²) in [5.74, 6) is 0.984. The van der Waals surface area contributed by atoms with E-state index in [1.54, 1.807) is 7.11 Å². The van der Waals surface area contributed by atoms with Gasteiger partial charge in [-0.1, -0.05) is 12.2 Å². The van der Waals surface area contributed by atoms with Crippen molar-refractivity contribution in [1.82, 2.24) is 0 Å². The summed E-state index contributed by atoms with van der Waals surface area (Å²) in [5.41, 5.74) is 10.3. The molecular weight excluding hydrogens is 186 g/mol. The molecule has 0 spiro atoms. The molecule has 1 rings (SSSR count). The van der Waals surface area contributed by atoms with Gasteiger partial charge in [0.1, 0.15) is 5.75 Å². The fourth-order valence-electron chi connectivity index (χ4n) is 1.77. The number of aryl methyl sites for hydroxylation is 1. The highest BCUT2D eigenvalue weighted by Crippen LogP contribution is 2.28. The van der Waals surface area contributed by atoms with Crippen LogP contribution in [0, 0.1) is 20.8 Å². The quantitative estimate of drug-likeness (QED) is 0.823. The first-order valence-corrected chi connectivity index (χ1v) is 5.13. The van der Waals surface area contributed by atoms with E-state index in [1.807, 2.05) is 6.08 Å². The van der Waals surface area contributed by atoms with E-state index in [0.29, 0.717) is 6.54 Å². The number of methoxy groups -OCH3 is 1. The van der Waals surface area contributed by atoms with Crippen LogP contribution in [0.4, 0.5) is 0 Å². The third-order valence-corrected chi connectivity index (χ3v) is 2.70. The van der Waals surface area contributed by atoms with Crippen molar-refractivity contribution in [2.45, 2.75) is 20.8 Å². The van der Waals surface area contributed by atoms with Crippen molar-refractivity contribution in [3.05, 3.63) is 34.4 Å². The number of rotatable bonds is 3. The highest BCUT2D eigenvalue weighted by Gasteiger charge is 2.08. The molecule has 0 amide bonds. The zero-order valence-corrected chi connectivity index (χ0v) is 9.92. The van der Waals surface area contributed by atoms with Gasteiger partial charge in [0.25, 0.3) is 0 Å². The SMILES string of the molecule is COc1c(C)cc(/C=C/CN)c(C)c1C. The van der Waals surface area contributed by atoms with E-state index >= 15 is 0 Å². The summed E-state index contributed by atoms with van der Waals surface area (Å²) in [6, 6.07) is 2.13. The van der Waals surface area contributed by atoms with Crippen molar-refractivity contribution in [1.29, 1.82) is 0 Å². The molecule has 0 saturated heterocycles. The van der Waals surface area contributed by atoms with Crippen molar-refractivity contribution in [3.8, 4) is 5.75 Å². The molecular formula is C13H19NO. The van der Waals surface area contributed by atoms with Gasteiger partial charge in [0.2, 0.25) is 0 Å². The molecule has 0 atom stereocenters. The summed E-state index contributed by atoms with van der Waals surface area (Å²) in [6.07, 6.45) is 4.03. The maximum absolute atomic E-state index is 5.45. The molecule has 0 heterocycles. The topological polar surface area (TPSA) is 35.2 Å². The Kier molecular flexibility index (Phi) is 3.92. The van der Waals surface area contributed by atoms with Crippen molar-refractivity contribution < 1.29 is 4.74 Å². The first kappa shape index (κ1) is 11.8. The molecule has 1 aromatic rings. The lowest BCUT2D eigenvalue weighted by atomic mass is 9.98. The number of hydrogen-bond acceptors (Lipinski definition) is 2. The van der Waals surface area contributed by atoms with Gasteiger partial charge >= 0.3 is 0 Å². The average Bonchev–Trinajstić information content (AvgIpc) is 2.22. The van der Waals surface area contributed by atoms with Crippen LogP contribution in [0.3, 0.4) is 0 Å². The standard InChI is InChI=1S/C13H19NO/c1-9-8-12(6-5-7-14)10(2)11(3)13(9)15-4/h5-6,8H,7,14H2,1-4H3/b6-5+. The average molecular weight is 205 g/mol. The second kappa shape index (κ2) is 4.99. The second-order valence-corrected chi connectivity index (χ2v) is 3.70. The molecule has 0 aliphatic heterocycles. The number of hydrogen-bond donors (Lipinski definition) is 1. The lowest BCUT2D eigenvalue weighted by molar-refractivity contribution is 0.408. The first-order valence-electron chi connectivity index (χ1n) is 5.13. The van der Waals surface area contributed by atoms with Crippen LogP contribution in [0.2, 0.25) is 0 Å². The summed E-state index contributed by atoms with van der Waals surface area (Å²) >= 11 is 0. The minimum Gasteiger partial charge on any atom is -0.496 e. The Hall–Kier alpha value is -1.28. The van der Waals surface area contributed by atoms with Gasteiger partial charge in [-0.3, -0.25) is 0 Å². The van der Waals surface area contributed by atoms with Crippen molar-refractivity contribution in [2.75, 3.05) is 13.7 Å². The van der Waals surface area contributed by atoms with Gasteiger partial charge in [0.05, 0.1) is 7.11 Å². The van der Waals surface area contributed by atoms with Gasteiger partial charge in [-0.25, -0.2) is 0 Å². The lowest BCUT2D eigenvalue weighted by Gasteiger charge is -2.13. The normalized spacial score (nSPS) is 11.0. The first-order chi connectivity index (χ1) is 7.11. The van der Waals surface area contributed by atoms with Gasteiger partial charge in [-0.15, -0.1) is 0 Å². The predicted octanol–water partition coefficient (Wildman–Crippen LogP) is 2.59. The molecule has 0 unspecified atom stereocenters. The van der Waals surface area contributed by atoms with Gasteiger partial charge in [0, 0.05) is 6.54 Å². The van der Waals surface area contributed by atoms with Gasteiger partial charge in [-0.2, -0.15) is 0 Å². The van der Waals surface area contributed by atoms with Crippen LogP contribution in [0.25, 0.3) is 6.08 Å². The van der Waals surface area contributed by atoms with Crippen molar-refractivity contribution >= 4 is 6.08 Å². The van der Waals surface area contributed by atoms with Crippen LogP contribution in [0.1, 0.15) is 22.3 Å². The van der Waals surface area contributed by atoms with E-state index in [4.69, 9.17) is 10.5 Å². The van der Waals surface area contributed by atoms with E-state index in [2.05, 4.69) is 32.9 Å². The Balaban J connectivity index is 3.27. The molecule has 2 heteroatoms. The summed E-state index contributed by atoms with van der Waals surface area (Å²) < 4.78 is 5.37. The van der Waals surface area contributed by atoms with Gasteiger partial charge in [0.15, 0.2) is 0 Å². The lowest BCUT2D eigenvalue weighted by Crippen LogP contribution is -1.97. The number of benzene rings is 1. The number of ether oxygens (including phenoxy) is 1. The van der Waals surface area contributed by atoms with Crippen LogP contribution >= 0.6 is 0 Å². The minimum atomic E-state index is 0.573. The molecule has 0 aromatic heterocycles. The highest BCUT2D eigenvalue weighted by molar-refractivity contribution is 5.61. The third kappa shape index (κ3) is 2.39. The van der Waals surface area contributed by atoms with Crippen LogP contribution in [0.5, 0.6) is 5.75 Å². The van der Waals surface area contributed by atoms with Crippen molar-refractivity contribution in [2.24, 2.45) is 5.73 Å². The molecule has 0 saturated carbocycles. The highest BCUT2D eigenvalue weighted by atomic mass is 16.5. The van der Waals surface area contributed by atoms with E-state index in [-0.39, 0.29) is 0 Å². The van der Waals surface area contributed by atoms with E-state index < -0.39 is 0 Å². The summed E-state index contributed by atoms with van der Waals surface area (Å²) in [6.45, 7) is 6.82. The molecule has 0 radical (unpaired) electrons. The summed E-state index contributed by atoms with van der Waals surface area (Å²) in [7, 11) is 1.71. The summed E-state index contributed by atoms with van der Waals surface area (Å²) in [5, 5.41) is 0. The predicted molar refractivity (Wildman–Crippen MR) is 65.3 cm³/mol. The molecule has 0 aliphatic rings. The largest absolute Gasteiger partial charge is 0.496 e. The molecule has 1 aromatic carbocycles. The second-order valence-electron chi connectivity index (χ2n) is 3.70. The molecule has 0 aliphatic carbocycles. The minimum absolute atomic E-state index is 0.573. The van der Waals surface area contributed by atoms with Crippen LogP contribution in [-0.4, -0.2) is 13.7 Å². The molecule has 2 N–H and O–H groups in total. The molecule has 0 bridgehead atoms. The Morgan fingerprint density at radius 2 is 1.93 bits per heavy atom. The third-order valence-electron chi connectivity index (χ3n) is 2.70. The van der Waals surface area contributed by atoms with Crippen LogP contribution < -0.4 is 10.5 Å². The molecule has 82 valence electrons. The fraction of sp³-hybridized carbons (Fsp3) is 0.385. The van der Waals surface area contributed by atoms with Crippen LogP contribution in [0.15, 0.2) is 12.1 Å². The van der Waals surface area contributed by atoms with Crippen molar-refractivity contribution in [3.63, 3.8) is 0 Å². The van der Waals surface area contributed by atoms with E-state index in [1.165, 1.54) is 16.7 Å². The van der Waals surface area contributed by atoms with Crippen LogP contribution in [-0.2, 0) is 0 Å². The smallest absolute Gasteiger partial charge is 0.124 e. The zero-order valence-electron chi connectivity index (χ0n) is 9.92. The molecule has 0 fully saturated rings. The van der Waals surface area contributed by atoms with Gasteiger partial charge < -0.3 is 10.5 Å². The zero-order chi connectivity index (χ0) is 11.4. The Morgan fingerprint density at radius 1 is 1.27 bits per heavy atom. The monoisotopic (exact) mass is 205 g/mol. The maximum atomic E-state index is 5.45. The fourth-order valence-corrected chi connectivity index (χ4v) is 1.77. The summed E-state index contributed by atoms with van der Waals surface area (Å²) in [4.78, 5) is 0. The maximum Gasteiger partial charge on any atom is 0.124 e. The number of nitrogens with two attached hydrogens (primary N) is 1. The molecule has 15 heavy (non-hydrogen) atoms. The van der Waals surface area contributed by atoms with E-state index in [9.17, 15) is 0 Å². The Bertz CT molecular complexity index is 381. The van der Waals surface area contributed by atoms with Gasteiger partial charge in [-0.05, 0) is 49.1 Å². The Morgan fingerprint density at radius 3 is 2.47 bits per heavy atom. The molecule has 2 nitrogen and oxygen atoms in total.